The summed E-state index contributed by atoms with van der Waals surface area (Å²) in [6, 6.07) is 6.25. The molecule has 0 aliphatic carbocycles. The lowest BCUT2D eigenvalue weighted by atomic mass is 10.1. The van der Waals surface area contributed by atoms with Gasteiger partial charge in [-0.1, -0.05) is 12.1 Å². The number of ether oxygens (including phenoxy) is 1. The lowest BCUT2D eigenvalue weighted by Crippen LogP contribution is -2.40. The number of benzene rings is 1. The van der Waals surface area contributed by atoms with Crippen LogP contribution in [0.25, 0.3) is 0 Å². The Labute approximate surface area is 145 Å². The van der Waals surface area contributed by atoms with Gasteiger partial charge in [0, 0.05) is 25.2 Å². The molecule has 134 valence electrons. The van der Waals surface area contributed by atoms with E-state index in [0.717, 1.165) is 36.8 Å². The summed E-state index contributed by atoms with van der Waals surface area (Å²) in [4.78, 5) is 6.88. The van der Waals surface area contributed by atoms with Gasteiger partial charge in [0.2, 0.25) is 0 Å². The van der Waals surface area contributed by atoms with Crippen LogP contribution >= 0.6 is 0 Å². The molecule has 0 saturated carbocycles. The summed E-state index contributed by atoms with van der Waals surface area (Å²) in [7, 11) is 0. The smallest absolute Gasteiger partial charge is 0.194 e. The maximum Gasteiger partial charge on any atom is 0.194 e. The molecule has 5 heteroatoms. The van der Waals surface area contributed by atoms with E-state index in [4.69, 9.17) is 9.73 Å². The zero-order valence-electron chi connectivity index (χ0n) is 15.6. The van der Waals surface area contributed by atoms with Crippen molar-refractivity contribution in [2.24, 2.45) is 4.99 Å². The number of nitrogens with one attached hydrogen (secondary N) is 1. The molecule has 1 heterocycles. The van der Waals surface area contributed by atoms with E-state index in [9.17, 15) is 5.11 Å². The van der Waals surface area contributed by atoms with Gasteiger partial charge in [0.05, 0.1) is 12.6 Å². The Hall–Kier alpha value is -1.75. The monoisotopic (exact) mass is 333 g/mol. The molecule has 0 radical (unpaired) electrons. The Morgan fingerprint density at radius 1 is 1.42 bits per heavy atom. The van der Waals surface area contributed by atoms with E-state index in [0.29, 0.717) is 13.1 Å². The summed E-state index contributed by atoms with van der Waals surface area (Å²) in [5, 5.41) is 13.1. The van der Waals surface area contributed by atoms with Gasteiger partial charge in [-0.05, 0) is 52.7 Å². The fourth-order valence-corrected chi connectivity index (χ4v) is 2.74. The fraction of sp³-hybridized carbons (Fsp3) is 0.632. The largest absolute Gasteiger partial charge is 0.488 e. The van der Waals surface area contributed by atoms with E-state index in [1.807, 2.05) is 0 Å². The van der Waals surface area contributed by atoms with Crippen molar-refractivity contribution in [2.75, 3.05) is 19.6 Å². The fourth-order valence-electron chi connectivity index (χ4n) is 2.74. The molecule has 24 heavy (non-hydrogen) atoms. The molecule has 0 aromatic heterocycles. The van der Waals surface area contributed by atoms with Crippen molar-refractivity contribution in [1.29, 1.82) is 0 Å². The minimum Gasteiger partial charge on any atom is -0.488 e. The van der Waals surface area contributed by atoms with Crippen LogP contribution in [0.3, 0.4) is 0 Å². The number of hydrogen-bond acceptors (Lipinski definition) is 3. The summed E-state index contributed by atoms with van der Waals surface area (Å²) in [6.07, 6.45) is 0.542. The van der Waals surface area contributed by atoms with Crippen molar-refractivity contribution in [3.63, 3.8) is 0 Å². The highest BCUT2D eigenvalue weighted by molar-refractivity contribution is 5.80. The van der Waals surface area contributed by atoms with Crippen LogP contribution in [-0.4, -0.2) is 47.3 Å². The van der Waals surface area contributed by atoms with Crippen molar-refractivity contribution in [2.45, 2.75) is 59.3 Å². The minimum atomic E-state index is -0.256. The third-order valence-electron chi connectivity index (χ3n) is 3.84. The number of aliphatic imine (C=N–C) groups is 1. The average molecular weight is 333 g/mol. The first-order chi connectivity index (χ1) is 11.3. The summed E-state index contributed by atoms with van der Waals surface area (Å²) >= 11 is 0. The lowest BCUT2D eigenvalue weighted by molar-refractivity contribution is 0.129. The second kappa shape index (κ2) is 7.88. The van der Waals surface area contributed by atoms with Crippen LogP contribution < -0.4 is 10.1 Å². The SMILES string of the molecule is CCNC(=NCc1ccc(C)cc1OC(C)(C)C)N1CC[C@@H](O)C1. The molecular weight excluding hydrogens is 302 g/mol. The number of likely N-dealkylation sites (tertiary alicyclic amines) is 1. The van der Waals surface area contributed by atoms with E-state index < -0.39 is 0 Å². The van der Waals surface area contributed by atoms with E-state index in [1.165, 1.54) is 5.56 Å². The van der Waals surface area contributed by atoms with Crippen LogP contribution in [0.15, 0.2) is 23.2 Å². The van der Waals surface area contributed by atoms with Crippen molar-refractivity contribution in [3.8, 4) is 5.75 Å². The zero-order chi connectivity index (χ0) is 17.7. The molecule has 1 fully saturated rings. The molecule has 2 N–H and O–H groups in total. The topological polar surface area (TPSA) is 57.1 Å². The number of aliphatic hydroxyl groups excluding tert-OH is 1. The predicted molar refractivity (Wildman–Crippen MR) is 98.6 cm³/mol. The number of aryl methyl sites for hydroxylation is 1. The van der Waals surface area contributed by atoms with Gasteiger partial charge in [-0.15, -0.1) is 0 Å². The summed E-state index contributed by atoms with van der Waals surface area (Å²) in [6.45, 7) is 13.1. The Kier molecular flexibility index (Phi) is 6.10. The van der Waals surface area contributed by atoms with E-state index in [2.05, 4.69) is 63.0 Å². The highest BCUT2D eigenvalue weighted by Gasteiger charge is 2.23. The number of aliphatic hydroxyl groups is 1. The van der Waals surface area contributed by atoms with Gasteiger partial charge in [-0.25, -0.2) is 4.99 Å². The number of guanidine groups is 1. The number of nitrogens with zero attached hydrogens (tertiary/aromatic N) is 2. The predicted octanol–water partition coefficient (Wildman–Crippen LogP) is 2.70. The Balaban J connectivity index is 2.18. The van der Waals surface area contributed by atoms with Crippen LogP contribution in [0.1, 0.15) is 45.2 Å². The normalized spacial score (nSPS) is 18.8. The van der Waals surface area contributed by atoms with Crippen molar-refractivity contribution in [1.82, 2.24) is 10.2 Å². The number of β-amino-alcohol motifs (C(OH)–C–C–N with tert-alkyl or cyclic N) is 1. The quantitative estimate of drug-likeness (QED) is 0.657. The second-order valence-corrected chi connectivity index (χ2v) is 7.38. The number of rotatable bonds is 4. The molecule has 1 aromatic rings. The first-order valence-corrected chi connectivity index (χ1v) is 8.78. The molecule has 5 nitrogen and oxygen atoms in total. The van der Waals surface area contributed by atoms with Crippen LogP contribution in [-0.2, 0) is 6.54 Å². The Morgan fingerprint density at radius 2 is 2.17 bits per heavy atom. The maximum absolute atomic E-state index is 9.76. The first-order valence-electron chi connectivity index (χ1n) is 8.78. The van der Waals surface area contributed by atoms with E-state index in [-0.39, 0.29) is 11.7 Å². The van der Waals surface area contributed by atoms with Crippen LogP contribution in [0.5, 0.6) is 5.75 Å². The lowest BCUT2D eigenvalue weighted by Gasteiger charge is -2.24. The van der Waals surface area contributed by atoms with Gasteiger partial charge in [0.15, 0.2) is 5.96 Å². The van der Waals surface area contributed by atoms with Crippen molar-refractivity contribution >= 4 is 5.96 Å². The Bertz CT molecular complexity index is 578. The van der Waals surface area contributed by atoms with Gasteiger partial charge in [-0.3, -0.25) is 0 Å². The van der Waals surface area contributed by atoms with Gasteiger partial charge < -0.3 is 20.1 Å². The third kappa shape index (κ3) is 5.41. The average Bonchev–Trinajstić information content (AvgIpc) is 2.90. The molecular formula is C19H31N3O2. The molecule has 0 spiro atoms. The van der Waals surface area contributed by atoms with Crippen LogP contribution in [0.2, 0.25) is 0 Å². The van der Waals surface area contributed by atoms with E-state index in [1.54, 1.807) is 0 Å². The van der Waals surface area contributed by atoms with Gasteiger partial charge in [-0.2, -0.15) is 0 Å². The molecule has 1 atom stereocenters. The third-order valence-corrected chi connectivity index (χ3v) is 3.84. The van der Waals surface area contributed by atoms with E-state index >= 15 is 0 Å². The molecule has 0 amide bonds. The van der Waals surface area contributed by atoms with Crippen LogP contribution in [0, 0.1) is 6.92 Å². The summed E-state index contributed by atoms with van der Waals surface area (Å²) in [5.41, 5.74) is 2.01. The first kappa shape index (κ1) is 18.6. The molecule has 0 bridgehead atoms. The molecule has 1 aliphatic rings. The second-order valence-electron chi connectivity index (χ2n) is 7.38. The minimum absolute atomic E-state index is 0.240. The highest BCUT2D eigenvalue weighted by atomic mass is 16.5. The van der Waals surface area contributed by atoms with Gasteiger partial charge in [0.1, 0.15) is 11.4 Å². The molecule has 0 unspecified atom stereocenters. The van der Waals surface area contributed by atoms with Crippen molar-refractivity contribution < 1.29 is 9.84 Å². The molecule has 2 rings (SSSR count). The van der Waals surface area contributed by atoms with Gasteiger partial charge in [0.25, 0.3) is 0 Å². The van der Waals surface area contributed by atoms with Crippen LogP contribution in [0.4, 0.5) is 0 Å². The maximum atomic E-state index is 9.76. The number of hydrogen-bond donors (Lipinski definition) is 2. The summed E-state index contributed by atoms with van der Waals surface area (Å²) < 4.78 is 6.11. The molecule has 1 aliphatic heterocycles. The summed E-state index contributed by atoms with van der Waals surface area (Å²) in [5.74, 6) is 1.75. The molecule has 1 saturated heterocycles. The van der Waals surface area contributed by atoms with Gasteiger partial charge >= 0.3 is 0 Å². The molecule has 1 aromatic carbocycles. The highest BCUT2D eigenvalue weighted by Crippen LogP contribution is 2.25. The standard InChI is InChI=1S/C19H31N3O2/c1-6-20-18(22-10-9-16(23)13-22)21-12-15-8-7-14(2)11-17(15)24-19(3,4)5/h7-8,11,16,23H,6,9-10,12-13H2,1-5H3,(H,20,21)/t16-/m1/s1. The Morgan fingerprint density at radius 3 is 2.75 bits per heavy atom. The van der Waals surface area contributed by atoms with Crippen molar-refractivity contribution in [3.05, 3.63) is 29.3 Å². The zero-order valence-corrected chi connectivity index (χ0v) is 15.6.